The second-order valence-corrected chi connectivity index (χ2v) is 32.6. The van der Waals surface area contributed by atoms with Crippen LogP contribution in [-0.4, -0.2) is 0 Å². The number of para-hydroxylation sites is 4. The highest BCUT2D eigenvalue weighted by Gasteiger charge is 2.29. The van der Waals surface area contributed by atoms with E-state index in [-0.39, 0.29) is 0 Å². The summed E-state index contributed by atoms with van der Waals surface area (Å²) in [6, 6.07) is 142. The van der Waals surface area contributed by atoms with Gasteiger partial charge in [0.15, 0.2) is 0 Å². The highest BCUT2D eigenvalue weighted by molar-refractivity contribution is 7.26. The van der Waals surface area contributed by atoms with Crippen molar-refractivity contribution in [2.75, 3.05) is 19.6 Å². The van der Waals surface area contributed by atoms with E-state index in [1.54, 1.807) is 0 Å². The van der Waals surface area contributed by atoms with Gasteiger partial charge in [-0.05, 0) is 227 Å². The summed E-state index contributed by atoms with van der Waals surface area (Å²) in [7, 11) is 0. The molecule has 0 saturated heterocycles. The lowest BCUT2D eigenvalue weighted by molar-refractivity contribution is 0.668. The van der Waals surface area contributed by atoms with E-state index >= 15 is 0 Å². The first-order valence-electron chi connectivity index (χ1n) is 39.5. The molecule has 6 nitrogen and oxygen atoms in total. The lowest BCUT2D eigenvalue weighted by Crippen LogP contribution is -2.15. The van der Waals surface area contributed by atoms with Gasteiger partial charge in [-0.3, -0.25) is 0 Å². The van der Waals surface area contributed by atoms with E-state index in [1.165, 1.54) is 127 Å². The third kappa shape index (κ3) is 11.0. The van der Waals surface area contributed by atoms with Crippen LogP contribution < -0.4 is 19.6 Å². The molecule has 0 saturated carbocycles. The Bertz CT molecular complexity index is 7580. The third-order valence-corrected chi connectivity index (χ3v) is 25.7. The lowest BCUT2D eigenvalue weighted by Gasteiger charge is -2.33. The first-order valence-corrected chi connectivity index (χ1v) is 41.1. The van der Waals surface area contributed by atoms with Crippen molar-refractivity contribution >= 4 is 240 Å². The number of anilines is 12. The summed E-state index contributed by atoms with van der Waals surface area (Å²) in [6.07, 6.45) is 0. The van der Waals surface area contributed by atoms with Gasteiger partial charge in [-0.15, -0.1) is 22.7 Å². The largest absolute Gasteiger partial charge is 0.456 e. The van der Waals surface area contributed by atoms with Crippen molar-refractivity contribution in [3.8, 4) is 0 Å². The van der Waals surface area contributed by atoms with Gasteiger partial charge >= 0.3 is 0 Å². The van der Waals surface area contributed by atoms with Crippen LogP contribution in [0.1, 0.15) is 11.1 Å². The number of thiophene rings is 2. The van der Waals surface area contributed by atoms with Crippen molar-refractivity contribution in [3.63, 3.8) is 0 Å². The van der Waals surface area contributed by atoms with Crippen LogP contribution in [0.4, 0.5) is 68.2 Å². The molecule has 0 radical (unpaired) electrons. The number of aryl methyl sites for hydroxylation is 2. The minimum Gasteiger partial charge on any atom is -0.456 e. The molecule has 0 atom stereocenters. The first kappa shape index (κ1) is 67.2. The molecule has 24 rings (SSSR count). The summed E-state index contributed by atoms with van der Waals surface area (Å²) >= 11 is 3.73. The Hall–Kier alpha value is -14.5. The standard InChI is InChI=1S/C56H38N2S2.C52H32N2O2/c1-35-13-11-17-39(29-35)57(41-25-27-53-47(33-41)43-19-7-9-23-51(43)59-53)55-45-21-5-6-22-46(45)56(50-32-38-16-4-3-15-37(38)31-49(50)55)58(40-18-12-14-36(2)30-40)42-26-28-54-48(34-42)44-20-8-10-24-52(44)60-54;1-3-11-35(12-4-1)53(37-23-29-49-43(31-37)39-15-7-9-17-47(39)55-49)45-27-21-33-20-26-42-46(28-22-34-19-25-41(45)51(33)52(34)42)54(36-13-5-2-6-14-36)38-24-30-50-44(32-38)40-16-8-10-18-48(40)56-50/h3-34H,1-2H3;1-32H. The number of benzene rings is 20. The topological polar surface area (TPSA) is 39.2 Å². The maximum atomic E-state index is 6.25. The summed E-state index contributed by atoms with van der Waals surface area (Å²) < 4.78 is 17.7. The van der Waals surface area contributed by atoms with Crippen molar-refractivity contribution in [2.24, 2.45) is 0 Å². The van der Waals surface area contributed by atoms with Crippen LogP contribution in [0.5, 0.6) is 0 Å². The van der Waals surface area contributed by atoms with Gasteiger partial charge < -0.3 is 28.4 Å². The van der Waals surface area contributed by atoms with Crippen molar-refractivity contribution in [2.45, 2.75) is 13.8 Å². The number of hydrogen-bond donors (Lipinski definition) is 0. The molecule has 0 spiro atoms. The average Bonchev–Trinajstić information content (AvgIpc) is 1.18. The second kappa shape index (κ2) is 27.1. The van der Waals surface area contributed by atoms with Gasteiger partial charge in [0.1, 0.15) is 22.3 Å². The Morgan fingerprint density at radius 3 is 0.974 bits per heavy atom. The van der Waals surface area contributed by atoms with Crippen molar-refractivity contribution < 1.29 is 8.83 Å². The minimum absolute atomic E-state index is 0.883. The Kier molecular flexibility index (Phi) is 15.7. The summed E-state index contributed by atoms with van der Waals surface area (Å²) in [6.45, 7) is 4.38. The number of rotatable bonds is 12. The SMILES string of the molecule is Cc1cccc(N(c2ccc3sc4ccccc4c3c2)c2c3ccccc3c(N(c3cccc(C)c3)c3ccc4sc5ccccc5c4c3)c3cc4ccccc4cc23)c1.c1ccc(N(c2ccc3oc4ccccc4c3c2)c2ccc3ccc4c(N(c5ccccc5)c5ccc6oc7ccccc7c6c5)ccc5ccc2c3c54)cc1. The average molecular weight is 1520 g/mol. The molecule has 24 aromatic rings. The van der Waals surface area contributed by atoms with Crippen LogP contribution in [0.3, 0.4) is 0 Å². The van der Waals surface area contributed by atoms with Crippen molar-refractivity contribution in [1.82, 2.24) is 0 Å². The van der Waals surface area contributed by atoms with Gasteiger partial charge in [0.25, 0.3) is 0 Å². The Morgan fingerprint density at radius 1 is 0.190 bits per heavy atom. The molecule has 0 N–H and O–H groups in total. The van der Waals surface area contributed by atoms with E-state index in [1.807, 2.05) is 46.9 Å². The summed E-state index contributed by atoms with van der Waals surface area (Å²) in [5.41, 5.74) is 19.4. The first-order chi connectivity index (χ1) is 57.3. The zero-order chi connectivity index (χ0) is 76.6. The molecular formula is C108H70N4O2S2. The Morgan fingerprint density at radius 2 is 0.526 bits per heavy atom. The molecular weight excluding hydrogens is 1450 g/mol. The van der Waals surface area contributed by atoms with E-state index in [0.29, 0.717) is 0 Å². The minimum atomic E-state index is 0.883. The van der Waals surface area contributed by atoms with Gasteiger partial charge in [0.05, 0.1) is 22.7 Å². The van der Waals surface area contributed by atoms with E-state index in [0.717, 1.165) is 101 Å². The number of fused-ring (bicyclic) bond motifs is 15. The predicted octanol–water partition coefficient (Wildman–Crippen LogP) is 32.8. The summed E-state index contributed by atoms with van der Waals surface area (Å²) in [5, 5.41) is 24.1. The number of hydrogen-bond acceptors (Lipinski definition) is 8. The van der Waals surface area contributed by atoms with Crippen LogP contribution in [0.25, 0.3) is 149 Å². The van der Waals surface area contributed by atoms with Gasteiger partial charge in [0.2, 0.25) is 0 Å². The Balaban J connectivity index is 0.000000137. The van der Waals surface area contributed by atoms with E-state index in [9.17, 15) is 0 Å². The summed E-state index contributed by atoms with van der Waals surface area (Å²) in [5.74, 6) is 0. The normalized spacial score (nSPS) is 11.9. The molecule has 546 valence electrons. The smallest absolute Gasteiger partial charge is 0.135 e. The van der Waals surface area contributed by atoms with Gasteiger partial charge in [-0.1, -0.05) is 218 Å². The zero-order valence-corrected chi connectivity index (χ0v) is 65.0. The van der Waals surface area contributed by atoms with Gasteiger partial charge in [0, 0.05) is 140 Å². The fraction of sp³-hybridized carbons (Fsp3) is 0.0185. The zero-order valence-electron chi connectivity index (χ0n) is 63.4. The second-order valence-electron chi connectivity index (χ2n) is 30.4. The molecule has 4 heterocycles. The molecule has 4 aromatic heterocycles. The number of furan rings is 2. The highest BCUT2D eigenvalue weighted by atomic mass is 32.1. The fourth-order valence-electron chi connectivity index (χ4n) is 18.2. The molecule has 0 amide bonds. The van der Waals surface area contributed by atoms with Crippen molar-refractivity contribution in [1.29, 1.82) is 0 Å². The fourth-order valence-corrected chi connectivity index (χ4v) is 20.4. The predicted molar refractivity (Wildman–Crippen MR) is 498 cm³/mol. The molecule has 0 aliphatic rings. The van der Waals surface area contributed by atoms with E-state index in [2.05, 4.69) is 397 Å². The van der Waals surface area contributed by atoms with Crippen LogP contribution >= 0.6 is 22.7 Å². The van der Waals surface area contributed by atoms with E-state index in [4.69, 9.17) is 8.83 Å². The van der Waals surface area contributed by atoms with Crippen LogP contribution in [0.2, 0.25) is 0 Å². The van der Waals surface area contributed by atoms with Gasteiger partial charge in [-0.2, -0.15) is 0 Å². The summed E-state index contributed by atoms with van der Waals surface area (Å²) in [4.78, 5) is 9.80. The highest BCUT2D eigenvalue weighted by Crippen LogP contribution is 2.55. The molecule has 8 heteroatoms. The van der Waals surface area contributed by atoms with E-state index < -0.39 is 0 Å². The van der Waals surface area contributed by atoms with Crippen molar-refractivity contribution in [3.05, 3.63) is 399 Å². The Labute approximate surface area is 676 Å². The molecule has 0 bridgehead atoms. The molecule has 0 aliphatic carbocycles. The van der Waals surface area contributed by atoms with Crippen LogP contribution in [0.15, 0.2) is 397 Å². The monoisotopic (exact) mass is 1520 g/mol. The maximum Gasteiger partial charge on any atom is 0.135 e. The number of nitrogens with zero attached hydrogens (tertiary/aromatic N) is 4. The molecule has 0 aliphatic heterocycles. The van der Waals surface area contributed by atoms with Crippen LogP contribution in [-0.2, 0) is 0 Å². The van der Waals surface area contributed by atoms with Crippen LogP contribution in [0, 0.1) is 13.8 Å². The third-order valence-electron chi connectivity index (χ3n) is 23.4. The molecule has 0 unspecified atom stereocenters. The van der Waals surface area contributed by atoms with Gasteiger partial charge in [-0.25, -0.2) is 0 Å². The molecule has 116 heavy (non-hydrogen) atoms. The molecule has 0 fully saturated rings. The molecule has 20 aromatic carbocycles. The maximum absolute atomic E-state index is 6.25. The lowest BCUT2D eigenvalue weighted by atomic mass is 9.91. The quantitative estimate of drug-likeness (QED) is 0.0690.